The molecule has 0 radical (unpaired) electrons. The highest BCUT2D eigenvalue weighted by Crippen LogP contribution is 2.00. The fourth-order valence-electron chi connectivity index (χ4n) is 1.49. The van der Waals surface area contributed by atoms with Gasteiger partial charge >= 0.3 is 0 Å². The third kappa shape index (κ3) is 5.79. The van der Waals surface area contributed by atoms with Crippen LogP contribution in [0.4, 0.5) is 0 Å². The Hall–Kier alpha value is -0.940. The quantitative estimate of drug-likeness (QED) is 0.699. The summed E-state index contributed by atoms with van der Waals surface area (Å²) >= 11 is 0. The SMILES string of the molecule is CC(C)Cn1ncnc1CNCCOC(C)C. The standard InChI is InChI=1S/C12H24N4O/c1-10(2)8-16-12(14-9-15-16)7-13-5-6-17-11(3)4/h9-11,13H,5-8H2,1-4H3. The first-order valence-electron chi connectivity index (χ1n) is 6.28. The van der Waals surface area contributed by atoms with Crippen molar-refractivity contribution >= 4 is 0 Å². The number of rotatable bonds is 8. The number of aromatic nitrogens is 3. The molecule has 0 bridgehead atoms. The van der Waals surface area contributed by atoms with Crippen LogP contribution < -0.4 is 5.32 Å². The number of hydrogen-bond donors (Lipinski definition) is 1. The van der Waals surface area contributed by atoms with Crippen LogP contribution in [0.1, 0.15) is 33.5 Å². The summed E-state index contributed by atoms with van der Waals surface area (Å²) in [6.45, 7) is 11.7. The largest absolute Gasteiger partial charge is 0.377 e. The molecule has 0 aromatic carbocycles. The van der Waals surface area contributed by atoms with E-state index in [1.165, 1.54) is 0 Å². The Morgan fingerprint density at radius 3 is 2.76 bits per heavy atom. The molecular weight excluding hydrogens is 216 g/mol. The normalized spacial score (nSPS) is 11.6. The number of nitrogens with one attached hydrogen (secondary N) is 1. The molecule has 1 N–H and O–H groups in total. The molecule has 17 heavy (non-hydrogen) atoms. The molecule has 5 nitrogen and oxygen atoms in total. The molecule has 98 valence electrons. The van der Waals surface area contributed by atoms with E-state index in [1.54, 1.807) is 6.33 Å². The Morgan fingerprint density at radius 1 is 1.35 bits per heavy atom. The van der Waals surface area contributed by atoms with Crippen LogP contribution in [0.5, 0.6) is 0 Å². The molecule has 1 aromatic rings. The van der Waals surface area contributed by atoms with Crippen molar-refractivity contribution in [2.75, 3.05) is 13.2 Å². The third-order valence-electron chi connectivity index (χ3n) is 2.25. The first kappa shape index (κ1) is 14.1. The zero-order valence-electron chi connectivity index (χ0n) is 11.3. The van der Waals surface area contributed by atoms with Crippen molar-refractivity contribution in [2.24, 2.45) is 5.92 Å². The molecule has 1 rings (SSSR count). The topological polar surface area (TPSA) is 52.0 Å². The minimum absolute atomic E-state index is 0.293. The second kappa shape index (κ2) is 7.40. The van der Waals surface area contributed by atoms with E-state index in [9.17, 15) is 0 Å². The van der Waals surface area contributed by atoms with E-state index in [0.717, 1.165) is 32.1 Å². The van der Waals surface area contributed by atoms with Crippen molar-refractivity contribution in [1.82, 2.24) is 20.1 Å². The second-order valence-electron chi connectivity index (χ2n) is 4.85. The summed E-state index contributed by atoms with van der Waals surface area (Å²) in [4.78, 5) is 4.25. The molecule has 0 amide bonds. The zero-order chi connectivity index (χ0) is 12.7. The number of hydrogen-bond acceptors (Lipinski definition) is 4. The lowest BCUT2D eigenvalue weighted by molar-refractivity contribution is 0.0805. The molecule has 5 heteroatoms. The fraction of sp³-hybridized carbons (Fsp3) is 0.833. The van der Waals surface area contributed by atoms with Crippen molar-refractivity contribution in [3.63, 3.8) is 0 Å². The summed E-state index contributed by atoms with van der Waals surface area (Å²) in [7, 11) is 0. The van der Waals surface area contributed by atoms with Gasteiger partial charge in [-0.1, -0.05) is 13.8 Å². The van der Waals surface area contributed by atoms with Crippen LogP contribution >= 0.6 is 0 Å². The van der Waals surface area contributed by atoms with E-state index in [4.69, 9.17) is 4.74 Å². The van der Waals surface area contributed by atoms with Gasteiger partial charge < -0.3 is 10.1 Å². The first-order chi connectivity index (χ1) is 8.09. The highest BCUT2D eigenvalue weighted by Gasteiger charge is 2.05. The van der Waals surface area contributed by atoms with E-state index in [1.807, 2.05) is 18.5 Å². The maximum absolute atomic E-state index is 5.45. The van der Waals surface area contributed by atoms with Crippen LogP contribution in [-0.4, -0.2) is 34.0 Å². The Balaban J connectivity index is 2.24. The number of nitrogens with zero attached hydrogens (tertiary/aromatic N) is 3. The van der Waals surface area contributed by atoms with Gasteiger partial charge in [-0.3, -0.25) is 0 Å². The van der Waals surface area contributed by atoms with Crippen molar-refractivity contribution < 1.29 is 4.74 Å². The van der Waals surface area contributed by atoms with Gasteiger partial charge in [-0.05, 0) is 19.8 Å². The molecule has 0 aliphatic rings. The van der Waals surface area contributed by atoms with Gasteiger partial charge in [-0.15, -0.1) is 0 Å². The van der Waals surface area contributed by atoms with Crippen molar-refractivity contribution in [1.29, 1.82) is 0 Å². The molecule has 0 saturated carbocycles. The summed E-state index contributed by atoms with van der Waals surface area (Å²) in [6, 6.07) is 0. The molecule has 1 heterocycles. The Kier molecular flexibility index (Phi) is 6.15. The summed E-state index contributed by atoms with van der Waals surface area (Å²) in [5, 5.41) is 7.53. The lowest BCUT2D eigenvalue weighted by atomic mass is 10.2. The van der Waals surface area contributed by atoms with Crippen molar-refractivity contribution in [3.8, 4) is 0 Å². The lowest BCUT2D eigenvalue weighted by Gasteiger charge is -2.10. The molecule has 1 aromatic heterocycles. The first-order valence-corrected chi connectivity index (χ1v) is 6.28. The van der Waals surface area contributed by atoms with E-state index in [-0.39, 0.29) is 0 Å². The van der Waals surface area contributed by atoms with Crippen LogP contribution in [-0.2, 0) is 17.8 Å². The molecular formula is C12H24N4O. The third-order valence-corrected chi connectivity index (χ3v) is 2.25. The summed E-state index contributed by atoms with van der Waals surface area (Å²) < 4.78 is 7.41. The monoisotopic (exact) mass is 240 g/mol. The maximum atomic E-state index is 5.45. The minimum atomic E-state index is 0.293. The van der Waals surface area contributed by atoms with Gasteiger partial charge in [0.15, 0.2) is 0 Å². The van der Waals surface area contributed by atoms with Gasteiger partial charge in [0.25, 0.3) is 0 Å². The average Bonchev–Trinajstić information content (AvgIpc) is 2.64. The predicted molar refractivity (Wildman–Crippen MR) is 67.7 cm³/mol. The van der Waals surface area contributed by atoms with Gasteiger partial charge in [0, 0.05) is 13.1 Å². The van der Waals surface area contributed by atoms with Crippen LogP contribution in [0.2, 0.25) is 0 Å². The Morgan fingerprint density at radius 2 is 2.12 bits per heavy atom. The minimum Gasteiger partial charge on any atom is -0.377 e. The maximum Gasteiger partial charge on any atom is 0.140 e. The van der Waals surface area contributed by atoms with E-state index in [2.05, 4.69) is 29.2 Å². The lowest BCUT2D eigenvalue weighted by Crippen LogP contribution is -2.23. The Bertz CT molecular complexity index is 309. The molecule has 0 fully saturated rings. The highest BCUT2D eigenvalue weighted by molar-refractivity contribution is 4.83. The van der Waals surface area contributed by atoms with Gasteiger partial charge in [0.05, 0.1) is 19.3 Å². The zero-order valence-corrected chi connectivity index (χ0v) is 11.3. The van der Waals surface area contributed by atoms with E-state index in [0.29, 0.717) is 12.0 Å². The Labute approximate surface area is 104 Å². The molecule has 0 aliphatic heterocycles. The molecule has 0 atom stereocenters. The molecule has 0 spiro atoms. The molecule has 0 aliphatic carbocycles. The van der Waals surface area contributed by atoms with Gasteiger partial charge in [0.2, 0.25) is 0 Å². The van der Waals surface area contributed by atoms with Gasteiger partial charge in [-0.25, -0.2) is 9.67 Å². The van der Waals surface area contributed by atoms with Crippen LogP contribution in [0.25, 0.3) is 0 Å². The fourth-order valence-corrected chi connectivity index (χ4v) is 1.49. The second-order valence-corrected chi connectivity index (χ2v) is 4.85. The van der Waals surface area contributed by atoms with E-state index >= 15 is 0 Å². The highest BCUT2D eigenvalue weighted by atomic mass is 16.5. The van der Waals surface area contributed by atoms with Crippen LogP contribution in [0.3, 0.4) is 0 Å². The smallest absolute Gasteiger partial charge is 0.140 e. The van der Waals surface area contributed by atoms with Crippen LogP contribution in [0, 0.1) is 5.92 Å². The van der Waals surface area contributed by atoms with Crippen LogP contribution in [0.15, 0.2) is 6.33 Å². The predicted octanol–water partition coefficient (Wildman–Crippen LogP) is 1.45. The summed E-state index contributed by atoms with van der Waals surface area (Å²) in [5.41, 5.74) is 0. The summed E-state index contributed by atoms with van der Waals surface area (Å²) in [5.74, 6) is 1.57. The summed E-state index contributed by atoms with van der Waals surface area (Å²) in [6.07, 6.45) is 1.91. The van der Waals surface area contributed by atoms with Gasteiger partial charge in [0.1, 0.15) is 12.2 Å². The van der Waals surface area contributed by atoms with Crippen molar-refractivity contribution in [2.45, 2.75) is 46.9 Å². The average molecular weight is 240 g/mol. The number of ether oxygens (including phenoxy) is 1. The van der Waals surface area contributed by atoms with Gasteiger partial charge in [-0.2, -0.15) is 5.10 Å². The van der Waals surface area contributed by atoms with E-state index < -0.39 is 0 Å². The molecule has 0 unspecified atom stereocenters. The van der Waals surface area contributed by atoms with Crippen molar-refractivity contribution in [3.05, 3.63) is 12.2 Å². The molecule has 0 saturated heterocycles.